The number of sulfone groups is 1. The van der Waals surface area contributed by atoms with Gasteiger partial charge >= 0.3 is 5.69 Å². The van der Waals surface area contributed by atoms with Crippen LogP contribution >= 0.6 is 0 Å². The van der Waals surface area contributed by atoms with Gasteiger partial charge in [-0.25, -0.2) is 13.2 Å². The number of likely N-dealkylation sites (tertiary alicyclic amines) is 1. The average molecular weight is 409 g/mol. The van der Waals surface area contributed by atoms with Gasteiger partial charge in [0.05, 0.1) is 29.1 Å². The van der Waals surface area contributed by atoms with Crippen molar-refractivity contribution in [2.45, 2.75) is 23.5 Å². The summed E-state index contributed by atoms with van der Waals surface area (Å²) in [4.78, 5) is 26.2. The fourth-order valence-electron chi connectivity index (χ4n) is 3.90. The number of carbonyl (C=O) groups excluding carboxylic acids is 1. The zero-order valence-electron chi connectivity index (χ0n) is 15.9. The van der Waals surface area contributed by atoms with E-state index in [1.54, 1.807) is 25.1 Å². The average Bonchev–Trinajstić information content (AvgIpc) is 3.21. The van der Waals surface area contributed by atoms with Crippen LogP contribution in [-0.2, 0) is 38.2 Å². The maximum atomic E-state index is 12.8. The van der Waals surface area contributed by atoms with Crippen molar-refractivity contribution in [1.82, 2.24) is 14.0 Å². The van der Waals surface area contributed by atoms with E-state index in [4.69, 9.17) is 9.47 Å². The molecule has 28 heavy (non-hydrogen) atoms. The number of imidazole rings is 1. The lowest BCUT2D eigenvalue weighted by molar-refractivity contribution is -0.186. The summed E-state index contributed by atoms with van der Waals surface area (Å²) in [7, 11) is -0.612. The van der Waals surface area contributed by atoms with Gasteiger partial charge in [0, 0.05) is 40.0 Å². The first-order valence-electron chi connectivity index (χ1n) is 9.16. The van der Waals surface area contributed by atoms with Crippen LogP contribution in [0.25, 0.3) is 11.0 Å². The summed E-state index contributed by atoms with van der Waals surface area (Å²) in [5, 5.41) is 0. The molecule has 2 aliphatic heterocycles. The van der Waals surface area contributed by atoms with Crippen LogP contribution in [0.1, 0.15) is 12.8 Å². The number of hydrogen-bond donors (Lipinski definition) is 0. The number of carbonyl (C=O) groups is 1. The first-order valence-corrected chi connectivity index (χ1v) is 10.8. The summed E-state index contributed by atoms with van der Waals surface area (Å²) in [6, 6.07) is 4.48. The summed E-state index contributed by atoms with van der Waals surface area (Å²) in [6.07, 6.45) is 1.08. The number of amides is 1. The van der Waals surface area contributed by atoms with E-state index in [-0.39, 0.29) is 10.6 Å². The second kappa shape index (κ2) is 6.71. The van der Waals surface area contributed by atoms with Crippen molar-refractivity contribution in [3.63, 3.8) is 0 Å². The van der Waals surface area contributed by atoms with Gasteiger partial charge in [-0.15, -0.1) is 0 Å². The number of aryl methyl sites for hydroxylation is 2. The molecule has 4 rings (SSSR count). The Labute approximate surface area is 162 Å². The predicted octanol–water partition coefficient (Wildman–Crippen LogP) is 0.0162. The summed E-state index contributed by atoms with van der Waals surface area (Å²) in [6.45, 7) is 1.90. The summed E-state index contributed by atoms with van der Waals surface area (Å²) < 4.78 is 39.7. The molecule has 0 atom stereocenters. The van der Waals surface area contributed by atoms with Crippen molar-refractivity contribution >= 4 is 26.8 Å². The molecule has 3 heterocycles. The van der Waals surface area contributed by atoms with Crippen LogP contribution in [0.3, 0.4) is 0 Å². The zero-order chi connectivity index (χ0) is 20.1. The Hall–Kier alpha value is -2.17. The van der Waals surface area contributed by atoms with Gasteiger partial charge in [-0.2, -0.15) is 0 Å². The van der Waals surface area contributed by atoms with Gasteiger partial charge in [-0.05, 0) is 18.2 Å². The SMILES string of the molecule is Cn1c(=O)n(C)c2cc(S(=O)(=O)CC(=O)N3CCC4(CC3)OCCO4)ccc21. The Morgan fingerprint density at radius 1 is 1.07 bits per heavy atom. The van der Waals surface area contributed by atoms with Crippen LogP contribution in [0.2, 0.25) is 0 Å². The molecule has 0 N–H and O–H groups in total. The first-order chi connectivity index (χ1) is 13.2. The zero-order valence-corrected chi connectivity index (χ0v) is 16.7. The summed E-state index contributed by atoms with van der Waals surface area (Å²) >= 11 is 0. The molecule has 0 unspecified atom stereocenters. The van der Waals surface area contributed by atoms with Gasteiger partial charge in [0.2, 0.25) is 5.91 Å². The predicted molar refractivity (Wildman–Crippen MR) is 101 cm³/mol. The fourth-order valence-corrected chi connectivity index (χ4v) is 5.14. The molecule has 2 aromatic rings. The molecule has 0 bridgehead atoms. The van der Waals surface area contributed by atoms with E-state index in [1.807, 2.05) is 0 Å². The smallest absolute Gasteiger partial charge is 0.328 e. The quantitative estimate of drug-likeness (QED) is 0.708. The maximum absolute atomic E-state index is 12.8. The topological polar surface area (TPSA) is 99.8 Å². The monoisotopic (exact) mass is 409 g/mol. The highest BCUT2D eigenvalue weighted by Gasteiger charge is 2.41. The van der Waals surface area contributed by atoms with E-state index in [2.05, 4.69) is 0 Å². The first kappa shape index (κ1) is 19.2. The van der Waals surface area contributed by atoms with Crippen molar-refractivity contribution in [3.8, 4) is 0 Å². The Balaban J connectivity index is 1.51. The fraction of sp³-hybridized carbons (Fsp3) is 0.556. The third kappa shape index (κ3) is 3.15. The van der Waals surface area contributed by atoms with Gasteiger partial charge in [0.25, 0.3) is 0 Å². The molecule has 1 amide bonds. The Morgan fingerprint density at radius 2 is 1.68 bits per heavy atom. The molecule has 0 saturated carbocycles. The Kier molecular flexibility index (Phi) is 4.59. The van der Waals surface area contributed by atoms with Crippen molar-refractivity contribution in [2.75, 3.05) is 32.1 Å². The minimum atomic E-state index is -3.83. The molecule has 0 aliphatic carbocycles. The minimum absolute atomic E-state index is 0.0329. The number of nitrogens with zero attached hydrogens (tertiary/aromatic N) is 3. The second-order valence-electron chi connectivity index (χ2n) is 7.30. The molecule has 0 radical (unpaired) electrons. The van der Waals surface area contributed by atoms with Gasteiger partial charge in [0.1, 0.15) is 5.75 Å². The Bertz CT molecular complexity index is 1080. The molecule has 2 aliphatic rings. The number of fused-ring (bicyclic) bond motifs is 1. The van der Waals surface area contributed by atoms with E-state index >= 15 is 0 Å². The maximum Gasteiger partial charge on any atom is 0.328 e. The highest BCUT2D eigenvalue weighted by Crippen LogP contribution is 2.31. The molecular formula is C18H23N3O6S. The molecule has 1 spiro atoms. The highest BCUT2D eigenvalue weighted by atomic mass is 32.2. The van der Waals surface area contributed by atoms with Crippen molar-refractivity contribution in [2.24, 2.45) is 14.1 Å². The van der Waals surface area contributed by atoms with Gasteiger partial charge in [0.15, 0.2) is 15.6 Å². The number of piperidine rings is 1. The molecule has 2 saturated heterocycles. The van der Waals surface area contributed by atoms with Crippen LogP contribution in [-0.4, -0.2) is 66.2 Å². The molecule has 152 valence electrons. The van der Waals surface area contributed by atoms with E-state index in [1.165, 1.54) is 21.3 Å². The minimum Gasteiger partial charge on any atom is -0.347 e. The molecule has 1 aromatic carbocycles. The van der Waals surface area contributed by atoms with Crippen LogP contribution < -0.4 is 5.69 Å². The van der Waals surface area contributed by atoms with Crippen molar-refractivity contribution in [3.05, 3.63) is 28.7 Å². The van der Waals surface area contributed by atoms with Crippen molar-refractivity contribution in [1.29, 1.82) is 0 Å². The molecular weight excluding hydrogens is 386 g/mol. The van der Waals surface area contributed by atoms with Gasteiger partial charge < -0.3 is 14.4 Å². The molecule has 9 nitrogen and oxygen atoms in total. The number of benzene rings is 1. The summed E-state index contributed by atoms with van der Waals surface area (Å²) in [5.41, 5.74) is 0.909. The third-order valence-corrected chi connectivity index (χ3v) is 7.21. The van der Waals surface area contributed by atoms with Gasteiger partial charge in [-0.3, -0.25) is 13.9 Å². The summed E-state index contributed by atoms with van der Waals surface area (Å²) in [5.74, 6) is -1.65. The standard InChI is InChI=1S/C18H23N3O6S/c1-19-14-4-3-13(11-15(14)20(2)17(19)23)28(24,25)12-16(22)21-7-5-18(6-8-21)26-9-10-27-18/h3-4,11H,5-10,12H2,1-2H3. The van der Waals surface area contributed by atoms with Gasteiger partial charge in [-0.1, -0.05) is 0 Å². The number of rotatable bonds is 3. The lowest BCUT2D eigenvalue weighted by Crippen LogP contribution is -2.48. The largest absolute Gasteiger partial charge is 0.347 e. The third-order valence-electron chi connectivity index (χ3n) is 5.61. The molecule has 10 heteroatoms. The van der Waals surface area contributed by atoms with Crippen LogP contribution in [0.4, 0.5) is 0 Å². The van der Waals surface area contributed by atoms with E-state index in [0.717, 1.165) is 0 Å². The van der Waals surface area contributed by atoms with E-state index in [9.17, 15) is 18.0 Å². The number of aromatic nitrogens is 2. The lowest BCUT2D eigenvalue weighted by Gasteiger charge is -2.37. The molecule has 2 fully saturated rings. The van der Waals surface area contributed by atoms with Crippen LogP contribution in [0.15, 0.2) is 27.9 Å². The second-order valence-corrected chi connectivity index (χ2v) is 9.29. The van der Waals surface area contributed by atoms with Crippen LogP contribution in [0.5, 0.6) is 0 Å². The lowest BCUT2D eigenvalue weighted by atomic mass is 10.0. The van der Waals surface area contributed by atoms with Crippen LogP contribution in [0, 0.1) is 0 Å². The normalized spacial score (nSPS) is 19.6. The highest BCUT2D eigenvalue weighted by molar-refractivity contribution is 7.92. The number of hydrogen-bond acceptors (Lipinski definition) is 6. The Morgan fingerprint density at radius 3 is 2.32 bits per heavy atom. The molecule has 1 aromatic heterocycles. The van der Waals surface area contributed by atoms with Crippen molar-refractivity contribution < 1.29 is 22.7 Å². The van der Waals surface area contributed by atoms with E-state index < -0.39 is 27.3 Å². The number of ether oxygens (including phenoxy) is 2. The van der Waals surface area contributed by atoms with E-state index in [0.29, 0.717) is 50.2 Å².